The highest BCUT2D eigenvalue weighted by Gasteiger charge is 2.13. The fourth-order valence-electron chi connectivity index (χ4n) is 3.27. The lowest BCUT2D eigenvalue weighted by Gasteiger charge is -2.15. The molecule has 4 aromatic rings. The fourth-order valence-corrected chi connectivity index (χ4v) is 3.73. The zero-order chi connectivity index (χ0) is 24.5. The van der Waals surface area contributed by atoms with Crippen LogP contribution in [0.15, 0.2) is 71.5 Å². The van der Waals surface area contributed by atoms with Crippen molar-refractivity contribution in [3.63, 3.8) is 0 Å². The maximum atomic E-state index is 5.95. The first-order valence-corrected chi connectivity index (χ1v) is 11.8. The van der Waals surface area contributed by atoms with Gasteiger partial charge in [-0.2, -0.15) is 0 Å². The molecule has 1 aromatic heterocycles. The molecular formula is C26H26BrN3O5. The van der Waals surface area contributed by atoms with E-state index >= 15 is 0 Å². The Morgan fingerprint density at radius 2 is 1.49 bits per heavy atom. The van der Waals surface area contributed by atoms with Crippen LogP contribution >= 0.6 is 15.9 Å². The van der Waals surface area contributed by atoms with Crippen LogP contribution in [0.1, 0.15) is 0 Å². The van der Waals surface area contributed by atoms with E-state index in [0.717, 1.165) is 26.8 Å². The van der Waals surface area contributed by atoms with Gasteiger partial charge in [0.2, 0.25) is 0 Å². The van der Waals surface area contributed by atoms with Gasteiger partial charge in [0.25, 0.3) is 0 Å². The Balaban J connectivity index is 1.59. The molecule has 1 heterocycles. The summed E-state index contributed by atoms with van der Waals surface area (Å²) in [7, 11) is 3.26. The molecule has 0 atom stereocenters. The maximum Gasteiger partial charge on any atom is 0.163 e. The highest BCUT2D eigenvalue weighted by Crippen LogP contribution is 2.36. The lowest BCUT2D eigenvalue weighted by Crippen LogP contribution is -2.09. The number of fused-ring (bicyclic) bond motifs is 1. The van der Waals surface area contributed by atoms with Crippen LogP contribution in [0.3, 0.4) is 0 Å². The number of anilines is 2. The number of nitrogens with one attached hydrogen (secondary N) is 1. The second kappa shape index (κ2) is 12.3. The number of halogens is 1. The largest absolute Gasteiger partial charge is 0.487 e. The first kappa shape index (κ1) is 24.7. The number of rotatable bonds is 12. The van der Waals surface area contributed by atoms with E-state index in [2.05, 4.69) is 31.2 Å². The molecule has 0 aliphatic heterocycles. The molecular weight excluding hydrogens is 514 g/mol. The molecule has 3 aromatic carbocycles. The molecule has 1 N–H and O–H groups in total. The molecule has 9 heteroatoms. The minimum absolute atomic E-state index is 0.384. The van der Waals surface area contributed by atoms with Crippen LogP contribution < -0.4 is 19.5 Å². The summed E-state index contributed by atoms with van der Waals surface area (Å²) < 4.78 is 28.7. The third-order valence-corrected chi connectivity index (χ3v) is 5.58. The minimum Gasteiger partial charge on any atom is -0.487 e. The molecule has 0 saturated carbocycles. The van der Waals surface area contributed by atoms with Crippen LogP contribution in [0.25, 0.3) is 10.9 Å². The van der Waals surface area contributed by atoms with Crippen LogP contribution in [-0.2, 0) is 9.47 Å². The molecule has 0 aliphatic carbocycles. The molecule has 0 bridgehead atoms. The zero-order valence-electron chi connectivity index (χ0n) is 19.5. The van der Waals surface area contributed by atoms with Gasteiger partial charge in [0.1, 0.15) is 36.9 Å². The number of benzene rings is 3. The number of nitrogens with zero attached hydrogens (tertiary/aromatic N) is 2. The summed E-state index contributed by atoms with van der Waals surface area (Å²) in [6.45, 7) is 1.70. The van der Waals surface area contributed by atoms with Crippen molar-refractivity contribution in [1.29, 1.82) is 0 Å². The third kappa shape index (κ3) is 6.60. The summed E-state index contributed by atoms with van der Waals surface area (Å²) in [5, 5.41) is 4.16. The second-order valence-corrected chi connectivity index (χ2v) is 8.26. The van der Waals surface area contributed by atoms with Crippen LogP contribution in [-0.4, -0.2) is 50.6 Å². The Bertz CT molecular complexity index is 1260. The maximum absolute atomic E-state index is 5.95. The molecule has 0 spiro atoms. The van der Waals surface area contributed by atoms with Crippen LogP contribution in [0.5, 0.6) is 23.0 Å². The number of ether oxygens (including phenoxy) is 5. The molecule has 0 amide bonds. The van der Waals surface area contributed by atoms with Gasteiger partial charge in [-0.1, -0.05) is 18.2 Å². The van der Waals surface area contributed by atoms with E-state index in [9.17, 15) is 0 Å². The third-order valence-electron chi connectivity index (χ3n) is 4.96. The Labute approximate surface area is 212 Å². The van der Waals surface area contributed by atoms with Crippen molar-refractivity contribution in [1.82, 2.24) is 9.97 Å². The number of methoxy groups -OCH3 is 2. The molecule has 182 valence electrons. The molecule has 0 aliphatic rings. The van der Waals surface area contributed by atoms with Crippen molar-refractivity contribution < 1.29 is 23.7 Å². The van der Waals surface area contributed by atoms with Crippen molar-refractivity contribution >= 4 is 38.3 Å². The quantitative estimate of drug-likeness (QED) is 0.220. The molecule has 35 heavy (non-hydrogen) atoms. The standard InChI is InChI=1S/C26H26BrN3O5/c1-31-10-12-33-24-15-20-22(16-25(24)34-13-11-32-2)28-17-29-26(20)30-18-8-9-23(21(27)14-18)35-19-6-4-3-5-7-19/h3-9,14-17H,10-13H2,1-2H3,(H,28,29,30). The lowest BCUT2D eigenvalue weighted by atomic mass is 10.2. The van der Waals surface area contributed by atoms with Crippen molar-refractivity contribution in [2.45, 2.75) is 0 Å². The normalized spacial score (nSPS) is 10.8. The molecule has 0 unspecified atom stereocenters. The van der Waals surface area contributed by atoms with E-state index in [1.54, 1.807) is 14.2 Å². The van der Waals surface area contributed by atoms with Crippen molar-refractivity contribution in [2.75, 3.05) is 46.0 Å². The van der Waals surface area contributed by atoms with Gasteiger partial charge in [-0.25, -0.2) is 9.97 Å². The Kier molecular flexibility index (Phi) is 8.72. The van der Waals surface area contributed by atoms with Gasteiger partial charge in [-0.15, -0.1) is 0 Å². The molecule has 0 saturated heterocycles. The average molecular weight is 540 g/mol. The SMILES string of the molecule is COCCOc1cc2ncnc(Nc3ccc(Oc4ccccc4)c(Br)c3)c2cc1OCCOC. The molecule has 8 nitrogen and oxygen atoms in total. The zero-order valence-corrected chi connectivity index (χ0v) is 21.1. The second-order valence-electron chi connectivity index (χ2n) is 7.41. The summed E-state index contributed by atoms with van der Waals surface area (Å²) in [4.78, 5) is 8.87. The fraction of sp³-hybridized carbons (Fsp3) is 0.231. The first-order valence-electron chi connectivity index (χ1n) is 11.0. The van der Waals surface area contributed by atoms with E-state index in [1.807, 2.05) is 60.7 Å². The minimum atomic E-state index is 0.384. The molecule has 0 radical (unpaired) electrons. The van der Waals surface area contributed by atoms with Gasteiger partial charge < -0.3 is 29.0 Å². The number of hydrogen-bond acceptors (Lipinski definition) is 8. The van der Waals surface area contributed by atoms with Gasteiger partial charge >= 0.3 is 0 Å². The van der Waals surface area contributed by atoms with Crippen molar-refractivity contribution in [3.8, 4) is 23.0 Å². The van der Waals surface area contributed by atoms with Gasteiger partial charge in [-0.05, 0) is 52.3 Å². The smallest absolute Gasteiger partial charge is 0.163 e. The van der Waals surface area contributed by atoms with E-state index < -0.39 is 0 Å². The van der Waals surface area contributed by atoms with Gasteiger partial charge in [0.05, 0.1) is 23.2 Å². The Morgan fingerprint density at radius 3 is 2.17 bits per heavy atom. The van der Waals surface area contributed by atoms with Crippen molar-refractivity contribution in [3.05, 3.63) is 71.5 Å². The van der Waals surface area contributed by atoms with Crippen LogP contribution in [0, 0.1) is 0 Å². The topological polar surface area (TPSA) is 84.0 Å². The van der Waals surface area contributed by atoms with E-state index in [1.165, 1.54) is 6.33 Å². The Morgan fingerprint density at radius 1 is 0.771 bits per heavy atom. The predicted octanol–water partition coefficient (Wildman–Crippen LogP) is 5.98. The van der Waals surface area contributed by atoms with E-state index in [-0.39, 0.29) is 0 Å². The Hall–Kier alpha value is -3.40. The summed E-state index contributed by atoms with van der Waals surface area (Å²) in [5.41, 5.74) is 1.55. The van der Waals surface area contributed by atoms with Gasteiger partial charge in [0, 0.05) is 31.4 Å². The number of aromatic nitrogens is 2. The van der Waals surface area contributed by atoms with Gasteiger partial charge in [0.15, 0.2) is 11.5 Å². The molecule has 0 fully saturated rings. The summed E-state index contributed by atoms with van der Waals surface area (Å²) >= 11 is 3.60. The van der Waals surface area contributed by atoms with E-state index in [4.69, 9.17) is 23.7 Å². The highest BCUT2D eigenvalue weighted by molar-refractivity contribution is 9.10. The van der Waals surface area contributed by atoms with E-state index in [0.29, 0.717) is 49.5 Å². The monoisotopic (exact) mass is 539 g/mol. The first-order chi connectivity index (χ1) is 17.2. The highest BCUT2D eigenvalue weighted by atomic mass is 79.9. The summed E-state index contributed by atoms with van der Waals surface area (Å²) in [6.07, 6.45) is 1.51. The van der Waals surface area contributed by atoms with Crippen molar-refractivity contribution in [2.24, 2.45) is 0 Å². The summed E-state index contributed by atoms with van der Waals surface area (Å²) in [5.74, 6) is 3.27. The lowest BCUT2D eigenvalue weighted by molar-refractivity contribution is 0.132. The summed E-state index contributed by atoms with van der Waals surface area (Å²) in [6, 6.07) is 19.1. The number of hydrogen-bond donors (Lipinski definition) is 1. The molecule has 4 rings (SSSR count). The average Bonchev–Trinajstić information content (AvgIpc) is 2.87. The van der Waals surface area contributed by atoms with Crippen LogP contribution in [0.2, 0.25) is 0 Å². The van der Waals surface area contributed by atoms with Crippen LogP contribution in [0.4, 0.5) is 11.5 Å². The predicted molar refractivity (Wildman–Crippen MR) is 138 cm³/mol. The number of para-hydroxylation sites is 1. The van der Waals surface area contributed by atoms with Gasteiger partial charge in [-0.3, -0.25) is 0 Å².